The first-order chi connectivity index (χ1) is 10.2. The second-order valence-corrected chi connectivity index (χ2v) is 5.29. The number of hydrogen-bond acceptors (Lipinski definition) is 3. The van der Waals surface area contributed by atoms with Crippen molar-refractivity contribution in [3.8, 4) is 0 Å². The Hall–Kier alpha value is -1.52. The fourth-order valence-electron chi connectivity index (χ4n) is 2.28. The van der Waals surface area contributed by atoms with E-state index in [9.17, 15) is 0 Å². The summed E-state index contributed by atoms with van der Waals surface area (Å²) in [6, 6.07) is 2.05. The number of unbranched alkanes of at least 4 members (excludes halogenated alkanes) is 2. The van der Waals surface area contributed by atoms with E-state index < -0.39 is 0 Å². The van der Waals surface area contributed by atoms with Crippen molar-refractivity contribution in [1.82, 2.24) is 15.8 Å². The third-order valence-electron chi connectivity index (χ3n) is 3.71. The van der Waals surface area contributed by atoms with Crippen molar-refractivity contribution in [1.29, 1.82) is 0 Å². The fourth-order valence-corrected chi connectivity index (χ4v) is 2.28. The molecule has 120 valence electrons. The Labute approximate surface area is 128 Å². The van der Waals surface area contributed by atoms with Crippen LogP contribution in [0.15, 0.2) is 15.6 Å². The van der Waals surface area contributed by atoms with Gasteiger partial charge in [0.1, 0.15) is 0 Å². The van der Waals surface area contributed by atoms with Gasteiger partial charge < -0.3 is 15.2 Å². The van der Waals surface area contributed by atoms with Crippen LogP contribution < -0.4 is 10.6 Å². The molecule has 1 aromatic heterocycles. The molecular formula is C16H30N4O. The molecule has 0 radical (unpaired) electrons. The maximum atomic E-state index is 5.39. The molecule has 1 aromatic rings. The van der Waals surface area contributed by atoms with Crippen molar-refractivity contribution in [2.75, 3.05) is 13.6 Å². The summed E-state index contributed by atoms with van der Waals surface area (Å²) in [4.78, 5) is 4.21. The van der Waals surface area contributed by atoms with E-state index in [1.807, 2.05) is 0 Å². The summed E-state index contributed by atoms with van der Waals surface area (Å²) in [6.45, 7) is 8.13. The van der Waals surface area contributed by atoms with E-state index in [0.717, 1.165) is 36.8 Å². The zero-order valence-electron chi connectivity index (χ0n) is 13.9. The molecule has 0 atom stereocenters. The standard InChI is InChI=1S/C16H30N4O/c1-5-8-9-10-18-16(17-4)19-12-14-11-15(20-21-14)13(6-2)7-3/h11,13H,5-10,12H2,1-4H3,(H2,17,18,19). The van der Waals surface area contributed by atoms with Gasteiger partial charge in [0.2, 0.25) is 0 Å². The molecule has 2 N–H and O–H groups in total. The summed E-state index contributed by atoms with van der Waals surface area (Å²) in [5.74, 6) is 2.16. The lowest BCUT2D eigenvalue weighted by molar-refractivity contribution is 0.368. The maximum Gasteiger partial charge on any atom is 0.191 e. The van der Waals surface area contributed by atoms with Crippen LogP contribution >= 0.6 is 0 Å². The van der Waals surface area contributed by atoms with Crippen molar-refractivity contribution < 1.29 is 4.52 Å². The smallest absolute Gasteiger partial charge is 0.191 e. The monoisotopic (exact) mass is 294 g/mol. The molecule has 21 heavy (non-hydrogen) atoms. The Kier molecular flexibility index (Phi) is 8.55. The predicted octanol–water partition coefficient (Wildman–Crippen LogP) is 3.43. The Morgan fingerprint density at radius 3 is 2.62 bits per heavy atom. The van der Waals surface area contributed by atoms with Gasteiger partial charge in [-0.2, -0.15) is 0 Å². The number of nitrogens with one attached hydrogen (secondary N) is 2. The van der Waals surface area contributed by atoms with Crippen LogP contribution in [0.2, 0.25) is 0 Å². The molecule has 0 amide bonds. The maximum absolute atomic E-state index is 5.39. The molecule has 0 aliphatic carbocycles. The minimum Gasteiger partial charge on any atom is -0.359 e. The number of nitrogens with zero attached hydrogens (tertiary/aromatic N) is 2. The van der Waals surface area contributed by atoms with E-state index in [1.54, 1.807) is 7.05 Å². The molecule has 0 aromatic carbocycles. The largest absolute Gasteiger partial charge is 0.359 e. The van der Waals surface area contributed by atoms with Crippen LogP contribution in [0.25, 0.3) is 0 Å². The van der Waals surface area contributed by atoms with E-state index in [4.69, 9.17) is 4.52 Å². The zero-order chi connectivity index (χ0) is 15.5. The van der Waals surface area contributed by atoms with Crippen LogP contribution in [-0.4, -0.2) is 24.7 Å². The number of guanidine groups is 1. The molecule has 5 heteroatoms. The zero-order valence-corrected chi connectivity index (χ0v) is 13.9. The SMILES string of the molecule is CCCCCNC(=NC)NCc1cc(C(CC)CC)no1. The molecule has 0 aliphatic heterocycles. The lowest BCUT2D eigenvalue weighted by Crippen LogP contribution is -2.37. The molecule has 5 nitrogen and oxygen atoms in total. The molecule has 0 saturated carbocycles. The van der Waals surface area contributed by atoms with Gasteiger partial charge in [0.15, 0.2) is 11.7 Å². The molecule has 1 heterocycles. The Balaban J connectivity index is 2.39. The van der Waals surface area contributed by atoms with Crippen LogP contribution in [0, 0.1) is 0 Å². The second-order valence-electron chi connectivity index (χ2n) is 5.29. The normalized spacial score (nSPS) is 12.0. The summed E-state index contributed by atoms with van der Waals surface area (Å²) in [5.41, 5.74) is 1.06. The van der Waals surface area contributed by atoms with Gasteiger partial charge in [-0.15, -0.1) is 0 Å². The number of aromatic nitrogens is 1. The highest BCUT2D eigenvalue weighted by Gasteiger charge is 2.12. The molecule has 0 fully saturated rings. The second kappa shape index (κ2) is 10.2. The van der Waals surface area contributed by atoms with Crippen molar-refractivity contribution in [3.63, 3.8) is 0 Å². The highest BCUT2D eigenvalue weighted by atomic mass is 16.5. The molecule has 0 bridgehead atoms. The molecule has 1 rings (SSSR count). The van der Waals surface area contributed by atoms with Crippen LogP contribution in [-0.2, 0) is 6.54 Å². The van der Waals surface area contributed by atoms with Crippen LogP contribution in [0.1, 0.15) is 70.2 Å². The number of hydrogen-bond donors (Lipinski definition) is 2. The number of aliphatic imine (C=N–C) groups is 1. The van der Waals surface area contributed by atoms with E-state index >= 15 is 0 Å². The van der Waals surface area contributed by atoms with Crippen LogP contribution in [0.4, 0.5) is 0 Å². The average molecular weight is 294 g/mol. The summed E-state index contributed by atoms with van der Waals surface area (Å²) in [6.07, 6.45) is 5.82. The van der Waals surface area contributed by atoms with Crippen LogP contribution in [0.5, 0.6) is 0 Å². The van der Waals surface area contributed by atoms with Crippen molar-refractivity contribution in [2.24, 2.45) is 4.99 Å². The van der Waals surface area contributed by atoms with Gasteiger partial charge in [-0.25, -0.2) is 0 Å². The van der Waals surface area contributed by atoms with Crippen molar-refractivity contribution >= 4 is 5.96 Å². The fraction of sp³-hybridized carbons (Fsp3) is 0.750. The Morgan fingerprint density at radius 1 is 1.24 bits per heavy atom. The highest BCUT2D eigenvalue weighted by molar-refractivity contribution is 5.79. The highest BCUT2D eigenvalue weighted by Crippen LogP contribution is 2.22. The molecule has 0 unspecified atom stereocenters. The Bertz CT molecular complexity index is 410. The minimum atomic E-state index is 0.494. The third-order valence-corrected chi connectivity index (χ3v) is 3.71. The van der Waals surface area contributed by atoms with E-state index in [1.165, 1.54) is 19.3 Å². The first kappa shape index (κ1) is 17.5. The number of rotatable bonds is 9. The van der Waals surface area contributed by atoms with Crippen LogP contribution in [0.3, 0.4) is 0 Å². The lowest BCUT2D eigenvalue weighted by Gasteiger charge is -2.10. The third kappa shape index (κ3) is 6.19. The molecule has 0 saturated heterocycles. The van der Waals surface area contributed by atoms with Crippen molar-refractivity contribution in [2.45, 2.75) is 65.3 Å². The first-order valence-electron chi connectivity index (χ1n) is 8.15. The first-order valence-corrected chi connectivity index (χ1v) is 8.15. The van der Waals surface area contributed by atoms with Gasteiger partial charge in [-0.05, 0) is 19.3 Å². The van der Waals surface area contributed by atoms with E-state index in [0.29, 0.717) is 12.5 Å². The van der Waals surface area contributed by atoms with Crippen molar-refractivity contribution in [3.05, 3.63) is 17.5 Å². The van der Waals surface area contributed by atoms with Gasteiger partial charge in [-0.3, -0.25) is 4.99 Å². The van der Waals surface area contributed by atoms with Gasteiger partial charge in [0.25, 0.3) is 0 Å². The summed E-state index contributed by atoms with van der Waals surface area (Å²) >= 11 is 0. The minimum absolute atomic E-state index is 0.494. The predicted molar refractivity (Wildman–Crippen MR) is 87.6 cm³/mol. The van der Waals surface area contributed by atoms with Gasteiger partial charge in [0.05, 0.1) is 12.2 Å². The average Bonchev–Trinajstić information content (AvgIpc) is 2.97. The topological polar surface area (TPSA) is 62.5 Å². The lowest BCUT2D eigenvalue weighted by atomic mass is 9.99. The van der Waals surface area contributed by atoms with Gasteiger partial charge in [-0.1, -0.05) is 38.8 Å². The van der Waals surface area contributed by atoms with Gasteiger partial charge >= 0.3 is 0 Å². The van der Waals surface area contributed by atoms with Gasteiger partial charge in [0, 0.05) is 25.6 Å². The molecule has 0 aliphatic rings. The summed E-state index contributed by atoms with van der Waals surface area (Å²) in [5, 5.41) is 10.7. The quantitative estimate of drug-likeness (QED) is 0.416. The summed E-state index contributed by atoms with van der Waals surface area (Å²) < 4.78 is 5.39. The summed E-state index contributed by atoms with van der Waals surface area (Å²) in [7, 11) is 1.78. The van der Waals surface area contributed by atoms with E-state index in [2.05, 4.69) is 47.6 Å². The molecular weight excluding hydrogens is 264 g/mol. The molecule has 0 spiro atoms. The Morgan fingerprint density at radius 2 is 2.00 bits per heavy atom. The van der Waals surface area contributed by atoms with E-state index in [-0.39, 0.29) is 0 Å².